The zero-order chi connectivity index (χ0) is 47.1. The molecule has 0 aromatic heterocycles. The van der Waals surface area contributed by atoms with E-state index in [-0.39, 0.29) is 88.1 Å². The van der Waals surface area contributed by atoms with Crippen molar-refractivity contribution in [1.29, 1.82) is 0 Å². The van der Waals surface area contributed by atoms with Crippen LogP contribution in [0.4, 0.5) is 11.4 Å². The lowest BCUT2D eigenvalue weighted by atomic mass is 9.73. The lowest BCUT2D eigenvalue weighted by Crippen LogP contribution is -2.42. The number of likely N-dealkylation sites (tertiary alicyclic amines) is 1. The van der Waals surface area contributed by atoms with E-state index in [0.717, 1.165) is 55.9 Å². The number of nitrogens with one attached hydrogen (secondary N) is 1. The highest BCUT2D eigenvalue weighted by Gasteiger charge is 2.49. The van der Waals surface area contributed by atoms with E-state index >= 15 is 0 Å². The largest absolute Gasteiger partial charge is 0.507 e. The third-order valence-electron chi connectivity index (χ3n) is 14.6. The smallest absolute Gasteiger partial charge is 0.246 e. The van der Waals surface area contributed by atoms with Crippen LogP contribution in [0.2, 0.25) is 0 Å². The van der Waals surface area contributed by atoms with E-state index in [1.807, 2.05) is 76.2 Å². The SMILES string of the molecule is Cc1cc(CCC(=O)N=C2C=C3C(=C/C2=C2\C(=O)C(c4cc5c(cc4NC(=O)CCc4cc(C)c(O)c(C)c4)N(C(C)C)C(C)C5(C)C)=C2O)C(C)(C)C(C)N3C(C)C)cc(C)c1O. The van der Waals surface area contributed by atoms with Crippen molar-refractivity contribution >= 4 is 40.3 Å². The van der Waals surface area contributed by atoms with Gasteiger partial charge in [0.2, 0.25) is 17.6 Å². The number of aliphatic hydroxyl groups excluding tert-OH is 1. The van der Waals surface area contributed by atoms with Crippen LogP contribution in [0.15, 0.2) is 81.7 Å². The molecule has 10 heteroatoms. The first-order valence-electron chi connectivity index (χ1n) is 22.8. The highest BCUT2D eigenvalue weighted by atomic mass is 16.3. The van der Waals surface area contributed by atoms with Crippen LogP contribution in [0.5, 0.6) is 11.5 Å². The summed E-state index contributed by atoms with van der Waals surface area (Å²) >= 11 is 0. The first-order valence-corrected chi connectivity index (χ1v) is 22.8. The second-order valence-electron chi connectivity index (χ2n) is 20.2. The first-order chi connectivity index (χ1) is 29.9. The average Bonchev–Trinajstić information content (AvgIpc) is 3.53. The summed E-state index contributed by atoms with van der Waals surface area (Å²) < 4.78 is 0. The number of carbonyl (C=O) groups is 3. The number of aliphatic imine (C=N–C) groups is 1. The quantitative estimate of drug-likeness (QED) is 0.148. The summed E-state index contributed by atoms with van der Waals surface area (Å²) in [6, 6.07) is 11.9. The summed E-state index contributed by atoms with van der Waals surface area (Å²) in [7, 11) is 0. The third kappa shape index (κ3) is 7.77. The summed E-state index contributed by atoms with van der Waals surface area (Å²) in [6.45, 7) is 29.0. The minimum Gasteiger partial charge on any atom is -0.507 e. The molecular formula is C54H66N4O6. The van der Waals surface area contributed by atoms with Crippen LogP contribution in [0.3, 0.4) is 0 Å². The third-order valence-corrected chi connectivity index (χ3v) is 14.6. The Morgan fingerprint density at radius 2 is 1.23 bits per heavy atom. The number of amides is 2. The van der Waals surface area contributed by atoms with Crippen molar-refractivity contribution in [2.24, 2.45) is 10.4 Å². The molecule has 3 aromatic rings. The number of phenolic OH excluding ortho intramolecular Hbond substituents is 2. The molecule has 4 N–H and O–H groups in total. The van der Waals surface area contributed by atoms with Crippen LogP contribution in [0, 0.1) is 33.1 Å². The fraction of sp³-hybridized carbons (Fsp3) is 0.444. The number of hydrogen-bond acceptors (Lipinski definition) is 8. The molecule has 2 atom stereocenters. The number of phenols is 2. The predicted molar refractivity (Wildman–Crippen MR) is 257 cm³/mol. The molecule has 2 amide bonds. The molecule has 1 saturated heterocycles. The summed E-state index contributed by atoms with van der Waals surface area (Å²) in [6.07, 6.45) is 4.98. The lowest BCUT2D eigenvalue weighted by Gasteiger charge is -2.34. The number of ketones is 1. The molecule has 10 nitrogen and oxygen atoms in total. The molecule has 0 radical (unpaired) electrons. The molecule has 7 rings (SSSR count). The van der Waals surface area contributed by atoms with Crippen molar-refractivity contribution in [2.75, 3.05) is 10.2 Å². The molecule has 0 spiro atoms. The normalized spacial score (nSPS) is 21.7. The van der Waals surface area contributed by atoms with Crippen molar-refractivity contribution in [1.82, 2.24) is 4.90 Å². The molecule has 64 heavy (non-hydrogen) atoms. The maximum absolute atomic E-state index is 14.9. The van der Waals surface area contributed by atoms with Gasteiger partial charge < -0.3 is 30.4 Å². The van der Waals surface area contributed by atoms with Gasteiger partial charge in [-0.2, -0.15) is 0 Å². The summed E-state index contributed by atoms with van der Waals surface area (Å²) in [4.78, 5) is 51.9. The van der Waals surface area contributed by atoms with Crippen LogP contribution in [0.25, 0.3) is 5.57 Å². The predicted octanol–water partition coefficient (Wildman–Crippen LogP) is 10.5. The average molecular weight is 867 g/mol. The first kappa shape index (κ1) is 46.1. The molecule has 4 aliphatic rings. The van der Waals surface area contributed by atoms with Gasteiger partial charge in [-0.15, -0.1) is 0 Å². The van der Waals surface area contributed by atoms with E-state index < -0.39 is 5.78 Å². The van der Waals surface area contributed by atoms with Crippen LogP contribution in [-0.4, -0.2) is 67.7 Å². The molecule has 0 bridgehead atoms. The Morgan fingerprint density at radius 3 is 1.75 bits per heavy atom. The van der Waals surface area contributed by atoms with Gasteiger partial charge in [-0.25, -0.2) is 4.99 Å². The van der Waals surface area contributed by atoms with Gasteiger partial charge in [-0.05, 0) is 151 Å². The Hall–Kier alpha value is -5.90. The number of hydrogen-bond donors (Lipinski definition) is 4. The minimum atomic E-state index is -0.393. The lowest BCUT2D eigenvalue weighted by molar-refractivity contribution is -0.118. The monoisotopic (exact) mass is 866 g/mol. The number of rotatable bonds is 10. The minimum absolute atomic E-state index is 0.0906. The number of aromatic hydroxyl groups is 2. The fourth-order valence-corrected chi connectivity index (χ4v) is 10.4. The Labute approximate surface area is 379 Å². The molecule has 1 fully saturated rings. The zero-order valence-corrected chi connectivity index (χ0v) is 40.2. The van der Waals surface area contributed by atoms with E-state index in [0.29, 0.717) is 35.4 Å². The zero-order valence-electron chi connectivity index (χ0n) is 40.2. The second-order valence-corrected chi connectivity index (χ2v) is 20.2. The molecule has 2 aliphatic carbocycles. The Bertz CT molecular complexity index is 2620. The van der Waals surface area contributed by atoms with E-state index in [1.54, 1.807) is 0 Å². The molecule has 0 saturated carbocycles. The maximum atomic E-state index is 14.9. The van der Waals surface area contributed by atoms with Gasteiger partial charge in [-0.3, -0.25) is 14.4 Å². The van der Waals surface area contributed by atoms with Gasteiger partial charge in [-0.1, -0.05) is 52.0 Å². The van der Waals surface area contributed by atoms with E-state index in [9.17, 15) is 29.7 Å². The Morgan fingerprint density at radius 1 is 0.719 bits per heavy atom. The number of nitrogens with zero attached hydrogens (tertiary/aromatic N) is 3. The van der Waals surface area contributed by atoms with Crippen LogP contribution < -0.4 is 10.2 Å². The van der Waals surface area contributed by atoms with Gasteiger partial charge in [0, 0.05) is 70.4 Å². The Balaban J connectivity index is 1.33. The van der Waals surface area contributed by atoms with Gasteiger partial charge in [0.25, 0.3) is 0 Å². The van der Waals surface area contributed by atoms with Crippen molar-refractivity contribution < 1.29 is 29.7 Å². The van der Waals surface area contributed by atoms with Crippen molar-refractivity contribution in [3.05, 3.63) is 121 Å². The second kappa shape index (κ2) is 16.6. The summed E-state index contributed by atoms with van der Waals surface area (Å²) in [5.41, 5.74) is 9.87. The number of fused-ring (bicyclic) bond motifs is 2. The number of aryl methyl sites for hydroxylation is 6. The van der Waals surface area contributed by atoms with Crippen molar-refractivity contribution in [3.8, 4) is 11.5 Å². The van der Waals surface area contributed by atoms with Crippen LogP contribution in [0.1, 0.15) is 127 Å². The summed E-state index contributed by atoms with van der Waals surface area (Å²) in [5.74, 6) is -0.723. The summed E-state index contributed by atoms with van der Waals surface area (Å²) in [5, 5.41) is 36.0. The van der Waals surface area contributed by atoms with E-state index in [1.165, 1.54) is 0 Å². The standard InChI is InChI=1S/C54H66N4O6/c1-27(2)57-33(9)53(11,12)39-23-37(41(25-43(39)57)55-45(59)17-15-35-19-29(5)49(61)30(6)20-35)47-51(63)48(52(47)64)38-24-40-44(58(28(3)4)34(10)54(40,13)14)26-42(38)56-46(60)18-16-36-21-31(7)50(62)32(8)22-36/h19-28,33-34,61-63H,15-18H2,1-14H3,(H,55,59)/b48-38+,56-42?. The number of allylic oxidation sites excluding steroid dienone is 6. The van der Waals surface area contributed by atoms with Gasteiger partial charge in [0.15, 0.2) is 0 Å². The molecule has 2 aliphatic heterocycles. The number of aliphatic hydroxyl groups is 1. The number of benzene rings is 3. The van der Waals surface area contributed by atoms with E-state index in [2.05, 4.69) is 89.3 Å². The topological polar surface area (TPSA) is 143 Å². The van der Waals surface area contributed by atoms with Gasteiger partial charge in [0.1, 0.15) is 17.3 Å². The maximum Gasteiger partial charge on any atom is 0.246 e. The molecule has 2 unspecified atom stereocenters. The van der Waals surface area contributed by atoms with Crippen LogP contribution >= 0.6 is 0 Å². The highest BCUT2D eigenvalue weighted by Crippen LogP contribution is 2.53. The van der Waals surface area contributed by atoms with E-state index in [4.69, 9.17) is 0 Å². The number of anilines is 2. The molecular weight excluding hydrogens is 801 g/mol. The van der Waals surface area contributed by atoms with Crippen LogP contribution in [-0.2, 0) is 32.6 Å². The van der Waals surface area contributed by atoms with Gasteiger partial charge in [0.05, 0.1) is 22.5 Å². The van der Waals surface area contributed by atoms with Crippen molar-refractivity contribution in [3.63, 3.8) is 0 Å². The molecule has 3 aromatic carbocycles. The number of Topliss-reactive ketones (excluding diaryl/α,β-unsaturated/α-hetero) is 1. The number of carbonyl (C=O) groups excluding carboxylic acids is 3. The molecule has 338 valence electrons. The van der Waals surface area contributed by atoms with Crippen molar-refractivity contribution in [2.45, 2.75) is 152 Å². The molecule has 2 heterocycles. The van der Waals surface area contributed by atoms with Gasteiger partial charge >= 0.3 is 0 Å². The Kier molecular flexibility index (Phi) is 11.9. The highest BCUT2D eigenvalue weighted by molar-refractivity contribution is 6.42. The fourth-order valence-electron chi connectivity index (χ4n) is 10.4.